The standard InChI is InChI=1S/C17H15FN2O/c1-21-14-9-3-7-12(15(14)18)16(19)13-8-2-5-11-6-4-10-20-17(11)13/h2-10,16H,19H2,1H3. The number of hydrogen-bond acceptors (Lipinski definition) is 3. The maximum absolute atomic E-state index is 14.4. The van der Waals surface area contributed by atoms with Crippen LogP contribution < -0.4 is 10.5 Å². The Hall–Kier alpha value is -2.46. The highest BCUT2D eigenvalue weighted by atomic mass is 19.1. The Morgan fingerprint density at radius 3 is 2.57 bits per heavy atom. The number of pyridine rings is 1. The van der Waals surface area contributed by atoms with Crippen molar-refractivity contribution >= 4 is 10.9 Å². The maximum Gasteiger partial charge on any atom is 0.170 e. The normalized spacial score (nSPS) is 12.3. The third-order valence-corrected chi connectivity index (χ3v) is 3.55. The molecule has 106 valence electrons. The van der Waals surface area contributed by atoms with Gasteiger partial charge in [-0.15, -0.1) is 0 Å². The monoisotopic (exact) mass is 282 g/mol. The Morgan fingerprint density at radius 1 is 1.05 bits per heavy atom. The lowest BCUT2D eigenvalue weighted by Crippen LogP contribution is -2.15. The molecule has 0 saturated carbocycles. The van der Waals surface area contributed by atoms with E-state index in [-0.39, 0.29) is 5.75 Å². The maximum atomic E-state index is 14.4. The number of halogens is 1. The summed E-state index contributed by atoms with van der Waals surface area (Å²) < 4.78 is 19.4. The van der Waals surface area contributed by atoms with Crippen molar-refractivity contribution in [1.29, 1.82) is 0 Å². The molecular formula is C17H15FN2O. The van der Waals surface area contributed by atoms with Gasteiger partial charge in [-0.25, -0.2) is 4.39 Å². The van der Waals surface area contributed by atoms with Gasteiger partial charge in [0.25, 0.3) is 0 Å². The number of benzene rings is 2. The largest absolute Gasteiger partial charge is 0.494 e. The number of rotatable bonds is 3. The predicted octanol–water partition coefficient (Wildman–Crippen LogP) is 3.43. The summed E-state index contributed by atoms with van der Waals surface area (Å²) in [5, 5.41) is 0.980. The summed E-state index contributed by atoms with van der Waals surface area (Å²) in [6.07, 6.45) is 1.71. The molecule has 1 atom stereocenters. The lowest BCUT2D eigenvalue weighted by atomic mass is 9.96. The Labute approximate surface area is 122 Å². The van der Waals surface area contributed by atoms with Crippen molar-refractivity contribution in [2.75, 3.05) is 7.11 Å². The van der Waals surface area contributed by atoms with Gasteiger partial charge in [0.1, 0.15) is 0 Å². The minimum Gasteiger partial charge on any atom is -0.494 e. The van der Waals surface area contributed by atoms with Gasteiger partial charge in [0.2, 0.25) is 0 Å². The van der Waals surface area contributed by atoms with Gasteiger partial charge in [0, 0.05) is 17.1 Å². The highest BCUT2D eigenvalue weighted by Gasteiger charge is 2.18. The number of para-hydroxylation sites is 1. The SMILES string of the molecule is COc1cccc(C(N)c2cccc3cccnc23)c1F. The Bertz CT molecular complexity index is 783. The molecule has 2 N–H and O–H groups in total. The molecule has 0 amide bonds. The zero-order valence-electron chi connectivity index (χ0n) is 11.6. The summed E-state index contributed by atoms with van der Waals surface area (Å²) in [6.45, 7) is 0. The van der Waals surface area contributed by atoms with Crippen LogP contribution in [0.1, 0.15) is 17.2 Å². The number of nitrogens with zero attached hydrogens (tertiary/aromatic N) is 1. The Morgan fingerprint density at radius 2 is 1.76 bits per heavy atom. The third kappa shape index (κ3) is 2.34. The van der Waals surface area contributed by atoms with Crippen LogP contribution in [0.25, 0.3) is 10.9 Å². The van der Waals surface area contributed by atoms with Crippen LogP contribution in [0.2, 0.25) is 0 Å². The second-order valence-electron chi connectivity index (χ2n) is 4.76. The van der Waals surface area contributed by atoms with Gasteiger partial charge in [-0.1, -0.05) is 36.4 Å². The summed E-state index contributed by atoms with van der Waals surface area (Å²) >= 11 is 0. The highest BCUT2D eigenvalue weighted by molar-refractivity contribution is 5.82. The van der Waals surface area contributed by atoms with E-state index in [0.29, 0.717) is 5.56 Å². The van der Waals surface area contributed by atoms with Crippen molar-refractivity contribution in [3.63, 3.8) is 0 Å². The molecule has 0 fully saturated rings. The number of methoxy groups -OCH3 is 1. The van der Waals surface area contributed by atoms with Gasteiger partial charge < -0.3 is 10.5 Å². The summed E-state index contributed by atoms with van der Waals surface area (Å²) in [5.41, 5.74) is 8.25. The molecule has 2 aromatic carbocycles. The lowest BCUT2D eigenvalue weighted by molar-refractivity contribution is 0.383. The summed E-state index contributed by atoms with van der Waals surface area (Å²) in [6, 6.07) is 13.9. The fraction of sp³-hybridized carbons (Fsp3) is 0.118. The first-order chi connectivity index (χ1) is 10.2. The molecule has 1 unspecified atom stereocenters. The number of fused-ring (bicyclic) bond motifs is 1. The summed E-state index contributed by atoms with van der Waals surface area (Å²) in [7, 11) is 1.44. The molecule has 0 aliphatic rings. The topological polar surface area (TPSA) is 48.1 Å². The second-order valence-corrected chi connectivity index (χ2v) is 4.76. The van der Waals surface area contributed by atoms with E-state index in [1.165, 1.54) is 7.11 Å². The fourth-order valence-electron chi connectivity index (χ4n) is 2.47. The number of aromatic nitrogens is 1. The van der Waals surface area contributed by atoms with Crippen LogP contribution in [-0.4, -0.2) is 12.1 Å². The van der Waals surface area contributed by atoms with Gasteiger partial charge >= 0.3 is 0 Å². The average Bonchev–Trinajstić information content (AvgIpc) is 2.54. The van der Waals surface area contributed by atoms with Gasteiger partial charge in [-0.3, -0.25) is 4.98 Å². The molecule has 0 radical (unpaired) electrons. The number of nitrogens with two attached hydrogens (primary N) is 1. The number of hydrogen-bond donors (Lipinski definition) is 1. The smallest absolute Gasteiger partial charge is 0.170 e. The molecule has 1 aromatic heterocycles. The van der Waals surface area contributed by atoms with Gasteiger partial charge in [0.05, 0.1) is 18.7 Å². The average molecular weight is 282 g/mol. The van der Waals surface area contributed by atoms with Gasteiger partial charge in [-0.2, -0.15) is 0 Å². The molecule has 3 rings (SSSR count). The molecule has 3 nitrogen and oxygen atoms in total. The van der Waals surface area contributed by atoms with Crippen molar-refractivity contribution in [2.24, 2.45) is 5.73 Å². The van der Waals surface area contributed by atoms with Crippen molar-refractivity contribution < 1.29 is 9.13 Å². The van der Waals surface area contributed by atoms with E-state index in [9.17, 15) is 4.39 Å². The van der Waals surface area contributed by atoms with Crippen molar-refractivity contribution in [3.05, 3.63) is 71.7 Å². The quantitative estimate of drug-likeness (QED) is 0.800. The van der Waals surface area contributed by atoms with Gasteiger partial charge in [0.15, 0.2) is 11.6 Å². The zero-order valence-corrected chi connectivity index (χ0v) is 11.6. The van der Waals surface area contributed by atoms with Crippen molar-refractivity contribution in [2.45, 2.75) is 6.04 Å². The van der Waals surface area contributed by atoms with Crippen molar-refractivity contribution in [3.8, 4) is 5.75 Å². The molecule has 4 heteroatoms. The minimum absolute atomic E-state index is 0.191. The molecular weight excluding hydrogens is 267 g/mol. The van der Waals surface area contributed by atoms with E-state index >= 15 is 0 Å². The van der Waals surface area contributed by atoms with Crippen LogP contribution >= 0.6 is 0 Å². The van der Waals surface area contributed by atoms with Crippen LogP contribution in [0, 0.1) is 5.82 Å². The molecule has 1 heterocycles. The van der Waals surface area contributed by atoms with E-state index in [2.05, 4.69) is 4.98 Å². The number of ether oxygens (including phenoxy) is 1. The second kappa shape index (κ2) is 5.50. The van der Waals surface area contributed by atoms with Crippen LogP contribution in [0.15, 0.2) is 54.7 Å². The fourth-order valence-corrected chi connectivity index (χ4v) is 2.47. The molecule has 21 heavy (non-hydrogen) atoms. The van der Waals surface area contributed by atoms with Crippen LogP contribution in [0.5, 0.6) is 5.75 Å². The van der Waals surface area contributed by atoms with E-state index in [0.717, 1.165) is 16.5 Å². The Kier molecular flexibility index (Phi) is 3.54. The van der Waals surface area contributed by atoms with E-state index in [4.69, 9.17) is 10.5 Å². The predicted molar refractivity (Wildman–Crippen MR) is 80.7 cm³/mol. The molecule has 0 aliphatic heterocycles. The van der Waals surface area contributed by atoms with Crippen molar-refractivity contribution in [1.82, 2.24) is 4.98 Å². The minimum atomic E-state index is -0.598. The first-order valence-corrected chi connectivity index (χ1v) is 6.64. The molecule has 0 bridgehead atoms. The molecule has 3 aromatic rings. The molecule has 0 aliphatic carbocycles. The van der Waals surface area contributed by atoms with Crippen LogP contribution in [0.3, 0.4) is 0 Å². The highest BCUT2D eigenvalue weighted by Crippen LogP contribution is 2.30. The molecule has 0 saturated heterocycles. The van der Waals surface area contributed by atoms with E-state index in [1.807, 2.05) is 30.3 Å². The van der Waals surface area contributed by atoms with Crippen LogP contribution in [0.4, 0.5) is 4.39 Å². The zero-order chi connectivity index (χ0) is 14.8. The Balaban J connectivity index is 2.15. The van der Waals surface area contributed by atoms with Crippen LogP contribution in [-0.2, 0) is 0 Å². The van der Waals surface area contributed by atoms with E-state index < -0.39 is 11.9 Å². The molecule has 0 spiro atoms. The van der Waals surface area contributed by atoms with E-state index in [1.54, 1.807) is 24.4 Å². The summed E-state index contributed by atoms with van der Waals surface area (Å²) in [4.78, 5) is 4.37. The van der Waals surface area contributed by atoms with Gasteiger partial charge in [-0.05, 0) is 17.7 Å². The third-order valence-electron chi connectivity index (χ3n) is 3.55. The summed E-state index contributed by atoms with van der Waals surface area (Å²) in [5.74, 6) is -0.239. The first-order valence-electron chi connectivity index (χ1n) is 6.64. The lowest BCUT2D eigenvalue weighted by Gasteiger charge is -2.16. The first kappa shape index (κ1) is 13.5.